The molecule has 0 saturated heterocycles. The standard InChI is InChI=1S/C19H13F3N2OS/c20-19(21,22)14-7-5-12(6-8-14)11-16-17(25)23-18(26-16)24-10-9-13-3-1-2-4-15(13)24/h1-8,11H,9-10H2/b16-11+. The number of amidine groups is 1. The van der Waals surface area contributed by atoms with Crippen molar-refractivity contribution in [2.24, 2.45) is 4.99 Å². The molecule has 0 radical (unpaired) electrons. The summed E-state index contributed by atoms with van der Waals surface area (Å²) in [6, 6.07) is 12.7. The summed E-state index contributed by atoms with van der Waals surface area (Å²) >= 11 is 1.25. The summed E-state index contributed by atoms with van der Waals surface area (Å²) in [6.45, 7) is 0.756. The third-order valence-corrected chi connectivity index (χ3v) is 5.27. The normalized spacial score (nSPS) is 18.4. The van der Waals surface area contributed by atoms with E-state index in [1.54, 1.807) is 6.08 Å². The van der Waals surface area contributed by atoms with Crippen LogP contribution in [0, 0.1) is 0 Å². The molecule has 0 spiro atoms. The van der Waals surface area contributed by atoms with E-state index in [9.17, 15) is 18.0 Å². The highest BCUT2D eigenvalue weighted by molar-refractivity contribution is 8.18. The van der Waals surface area contributed by atoms with Crippen LogP contribution in [0.3, 0.4) is 0 Å². The van der Waals surface area contributed by atoms with Gasteiger partial charge in [0.2, 0.25) is 0 Å². The number of carbonyl (C=O) groups is 1. The van der Waals surface area contributed by atoms with E-state index in [0.717, 1.165) is 30.8 Å². The Hall–Kier alpha value is -2.54. The van der Waals surface area contributed by atoms with Gasteiger partial charge in [-0.15, -0.1) is 0 Å². The molecule has 2 aliphatic rings. The van der Waals surface area contributed by atoms with Crippen LogP contribution >= 0.6 is 11.8 Å². The minimum atomic E-state index is -4.37. The van der Waals surface area contributed by atoms with E-state index in [-0.39, 0.29) is 5.91 Å². The Labute approximate surface area is 152 Å². The van der Waals surface area contributed by atoms with Gasteiger partial charge in [-0.05, 0) is 53.6 Å². The summed E-state index contributed by atoms with van der Waals surface area (Å²) < 4.78 is 37.9. The first-order valence-corrected chi connectivity index (χ1v) is 8.79. The maximum atomic E-state index is 12.6. The number of rotatable bonds is 1. The Bertz CT molecular complexity index is 933. The van der Waals surface area contributed by atoms with Crippen LogP contribution in [0.2, 0.25) is 0 Å². The molecule has 2 aromatic carbocycles. The number of nitrogens with zero attached hydrogens (tertiary/aromatic N) is 2. The van der Waals surface area contributed by atoms with E-state index in [4.69, 9.17) is 0 Å². The molecule has 26 heavy (non-hydrogen) atoms. The molecule has 2 heterocycles. The number of fused-ring (bicyclic) bond motifs is 1. The highest BCUT2D eigenvalue weighted by atomic mass is 32.2. The second-order valence-electron chi connectivity index (χ2n) is 5.96. The maximum Gasteiger partial charge on any atom is 0.416 e. The molecule has 2 aliphatic heterocycles. The van der Waals surface area contributed by atoms with Crippen molar-refractivity contribution >= 4 is 34.6 Å². The molecular weight excluding hydrogens is 361 g/mol. The van der Waals surface area contributed by atoms with Gasteiger partial charge in [0.15, 0.2) is 5.17 Å². The van der Waals surface area contributed by atoms with E-state index in [2.05, 4.69) is 11.1 Å². The van der Waals surface area contributed by atoms with Gasteiger partial charge in [0, 0.05) is 12.2 Å². The quantitative estimate of drug-likeness (QED) is 0.676. The van der Waals surface area contributed by atoms with Gasteiger partial charge < -0.3 is 4.90 Å². The number of carbonyl (C=O) groups excluding carboxylic acids is 1. The lowest BCUT2D eigenvalue weighted by molar-refractivity contribution is -0.137. The number of hydrogen-bond donors (Lipinski definition) is 0. The van der Waals surface area contributed by atoms with Gasteiger partial charge in [-0.1, -0.05) is 30.3 Å². The number of benzene rings is 2. The van der Waals surface area contributed by atoms with Crippen molar-refractivity contribution in [1.82, 2.24) is 0 Å². The number of para-hydroxylation sites is 1. The molecule has 3 nitrogen and oxygen atoms in total. The number of hydrogen-bond acceptors (Lipinski definition) is 3. The zero-order valence-electron chi connectivity index (χ0n) is 13.5. The number of aliphatic imine (C=N–C) groups is 1. The molecule has 0 bridgehead atoms. The third-order valence-electron chi connectivity index (χ3n) is 4.26. The van der Waals surface area contributed by atoms with Crippen LogP contribution in [0.1, 0.15) is 16.7 Å². The second-order valence-corrected chi connectivity index (χ2v) is 6.97. The Morgan fingerprint density at radius 2 is 1.81 bits per heavy atom. The van der Waals surface area contributed by atoms with Crippen LogP contribution in [0.4, 0.5) is 18.9 Å². The molecule has 0 aliphatic carbocycles. The monoisotopic (exact) mass is 374 g/mol. The van der Waals surface area contributed by atoms with Gasteiger partial charge in [0.25, 0.3) is 5.91 Å². The number of amides is 1. The lowest BCUT2D eigenvalue weighted by atomic mass is 10.1. The lowest BCUT2D eigenvalue weighted by Gasteiger charge is -2.17. The summed E-state index contributed by atoms with van der Waals surface area (Å²) in [5, 5.41) is 0.609. The SMILES string of the molecule is O=C1N=C(N2CCc3ccccc32)S/C1=C/c1ccc(C(F)(F)F)cc1. The van der Waals surface area contributed by atoms with E-state index in [0.29, 0.717) is 15.6 Å². The third kappa shape index (κ3) is 3.14. The molecule has 132 valence electrons. The Morgan fingerprint density at radius 3 is 2.54 bits per heavy atom. The molecule has 0 aromatic heterocycles. The molecule has 7 heteroatoms. The lowest BCUT2D eigenvalue weighted by Crippen LogP contribution is -2.24. The Kier molecular flexibility index (Phi) is 4.11. The Morgan fingerprint density at radius 1 is 1.08 bits per heavy atom. The van der Waals surface area contributed by atoms with Crippen molar-refractivity contribution in [2.75, 3.05) is 11.4 Å². The van der Waals surface area contributed by atoms with Crippen LogP contribution in [0.25, 0.3) is 6.08 Å². The van der Waals surface area contributed by atoms with Crippen molar-refractivity contribution in [1.29, 1.82) is 0 Å². The summed E-state index contributed by atoms with van der Waals surface area (Å²) in [6.07, 6.45) is -1.91. The van der Waals surface area contributed by atoms with Gasteiger partial charge in [-0.2, -0.15) is 18.2 Å². The van der Waals surface area contributed by atoms with Crippen LogP contribution < -0.4 is 4.90 Å². The van der Waals surface area contributed by atoms with Gasteiger partial charge in [-0.3, -0.25) is 4.79 Å². The highest BCUT2D eigenvalue weighted by Crippen LogP contribution is 2.36. The molecule has 0 N–H and O–H groups in total. The predicted molar refractivity (Wildman–Crippen MR) is 96.9 cm³/mol. The van der Waals surface area contributed by atoms with Crippen molar-refractivity contribution in [3.63, 3.8) is 0 Å². The van der Waals surface area contributed by atoms with E-state index in [1.807, 2.05) is 23.1 Å². The van der Waals surface area contributed by atoms with E-state index in [1.165, 1.54) is 29.5 Å². The van der Waals surface area contributed by atoms with Crippen molar-refractivity contribution in [3.05, 3.63) is 70.1 Å². The molecule has 0 atom stereocenters. The average Bonchev–Trinajstić information content (AvgIpc) is 3.18. The summed E-state index contributed by atoms with van der Waals surface area (Å²) in [7, 11) is 0. The van der Waals surface area contributed by atoms with Crippen LogP contribution in [-0.4, -0.2) is 17.6 Å². The number of thioether (sulfide) groups is 1. The molecule has 2 aromatic rings. The van der Waals surface area contributed by atoms with Crippen LogP contribution in [0.15, 0.2) is 58.4 Å². The summed E-state index contributed by atoms with van der Waals surface area (Å²) in [5.74, 6) is -0.366. The average molecular weight is 374 g/mol. The minimum Gasteiger partial charge on any atom is -0.320 e. The molecule has 0 unspecified atom stereocenters. The van der Waals surface area contributed by atoms with Crippen LogP contribution in [-0.2, 0) is 17.4 Å². The maximum absolute atomic E-state index is 12.6. The summed E-state index contributed by atoms with van der Waals surface area (Å²) in [4.78, 5) is 18.7. The first-order chi connectivity index (χ1) is 12.4. The minimum absolute atomic E-state index is 0.366. The number of halogens is 3. The van der Waals surface area contributed by atoms with E-state index < -0.39 is 11.7 Å². The highest BCUT2D eigenvalue weighted by Gasteiger charge is 2.31. The zero-order chi connectivity index (χ0) is 18.3. The molecule has 4 rings (SSSR count). The fourth-order valence-corrected chi connectivity index (χ4v) is 3.92. The van der Waals surface area contributed by atoms with Gasteiger partial charge in [-0.25, -0.2) is 0 Å². The zero-order valence-corrected chi connectivity index (χ0v) is 14.3. The molecule has 0 fully saturated rings. The van der Waals surface area contributed by atoms with Gasteiger partial charge >= 0.3 is 6.18 Å². The fourth-order valence-electron chi connectivity index (χ4n) is 2.97. The Balaban J connectivity index is 1.54. The largest absolute Gasteiger partial charge is 0.416 e. The topological polar surface area (TPSA) is 32.7 Å². The van der Waals surface area contributed by atoms with Crippen molar-refractivity contribution < 1.29 is 18.0 Å². The predicted octanol–water partition coefficient (Wildman–Crippen LogP) is 4.74. The van der Waals surface area contributed by atoms with Crippen molar-refractivity contribution in [2.45, 2.75) is 12.6 Å². The number of anilines is 1. The molecular formula is C19H13F3N2OS. The van der Waals surface area contributed by atoms with Crippen molar-refractivity contribution in [3.8, 4) is 0 Å². The molecule has 1 amide bonds. The first kappa shape index (κ1) is 16.9. The van der Waals surface area contributed by atoms with Gasteiger partial charge in [0.1, 0.15) is 0 Å². The molecule has 0 saturated carbocycles. The van der Waals surface area contributed by atoms with E-state index >= 15 is 0 Å². The fraction of sp³-hybridized carbons (Fsp3) is 0.158. The van der Waals surface area contributed by atoms with Crippen LogP contribution in [0.5, 0.6) is 0 Å². The smallest absolute Gasteiger partial charge is 0.320 e. The first-order valence-electron chi connectivity index (χ1n) is 7.97. The second kappa shape index (κ2) is 6.32. The summed E-state index contributed by atoms with van der Waals surface area (Å²) in [5.41, 5.74) is 2.08. The van der Waals surface area contributed by atoms with Gasteiger partial charge in [0.05, 0.1) is 10.5 Å². The number of alkyl halides is 3.